The summed E-state index contributed by atoms with van der Waals surface area (Å²) in [6.45, 7) is 0. The van der Waals surface area contributed by atoms with E-state index < -0.39 is 0 Å². The van der Waals surface area contributed by atoms with Gasteiger partial charge in [-0.25, -0.2) is 0 Å². The topological polar surface area (TPSA) is 35.5 Å². The largest absolute Gasteiger partial charge is 0.493 e. The van der Waals surface area contributed by atoms with Crippen molar-refractivity contribution in [3.63, 3.8) is 0 Å². The number of ether oxygens (including phenoxy) is 2. The Bertz CT molecular complexity index is 916. The molecule has 0 unspecified atom stereocenters. The first-order chi connectivity index (χ1) is 12.7. The molecule has 0 saturated carbocycles. The van der Waals surface area contributed by atoms with Crippen LogP contribution in [-0.2, 0) is 0 Å². The normalized spacial score (nSPS) is 11.1. The van der Waals surface area contributed by atoms with Gasteiger partial charge >= 0.3 is 0 Å². The van der Waals surface area contributed by atoms with Gasteiger partial charge in [-0.05, 0) is 35.9 Å². The molecule has 0 heterocycles. The molecular weight excluding hydrogens is 392 g/mol. The Balaban J connectivity index is 2.01. The van der Waals surface area contributed by atoms with Crippen molar-refractivity contribution in [3.8, 4) is 11.5 Å². The van der Waals surface area contributed by atoms with E-state index in [2.05, 4.69) is 15.9 Å². The first-order valence-electron chi connectivity index (χ1n) is 8.05. The van der Waals surface area contributed by atoms with E-state index in [9.17, 15) is 4.79 Å². The van der Waals surface area contributed by atoms with Crippen LogP contribution in [0.4, 0.5) is 0 Å². The molecule has 0 spiro atoms. The number of hydrogen-bond donors (Lipinski definition) is 0. The molecule has 4 heteroatoms. The molecular formula is C22H17BrO3. The standard InChI is InChI=1S/C22H17BrO3/c1-25-19-9-5-6-10-20(19)26-21(15-16-11-13-18(23)14-12-16)22(24)17-7-3-2-4-8-17/h2-15H,1H3. The maximum absolute atomic E-state index is 13.0. The van der Waals surface area contributed by atoms with Crippen LogP contribution in [0, 0.1) is 0 Å². The van der Waals surface area contributed by atoms with Crippen LogP contribution >= 0.6 is 15.9 Å². The number of ketones is 1. The molecule has 3 aromatic rings. The number of benzene rings is 3. The first kappa shape index (κ1) is 18.0. The first-order valence-corrected chi connectivity index (χ1v) is 8.84. The van der Waals surface area contributed by atoms with Crippen LogP contribution in [0.3, 0.4) is 0 Å². The van der Waals surface area contributed by atoms with E-state index in [1.165, 1.54) is 0 Å². The van der Waals surface area contributed by atoms with Gasteiger partial charge in [-0.2, -0.15) is 0 Å². The minimum absolute atomic E-state index is 0.195. The molecule has 0 fully saturated rings. The third-order valence-electron chi connectivity index (χ3n) is 3.72. The number of carbonyl (C=O) groups excluding carboxylic acids is 1. The Labute approximate surface area is 161 Å². The summed E-state index contributed by atoms with van der Waals surface area (Å²) in [7, 11) is 1.57. The highest BCUT2D eigenvalue weighted by Crippen LogP contribution is 2.29. The van der Waals surface area contributed by atoms with Gasteiger partial charge in [0, 0.05) is 10.0 Å². The van der Waals surface area contributed by atoms with E-state index in [1.807, 2.05) is 54.6 Å². The minimum atomic E-state index is -0.195. The predicted octanol–water partition coefficient (Wildman–Crippen LogP) is 5.76. The van der Waals surface area contributed by atoms with E-state index in [4.69, 9.17) is 9.47 Å². The molecule has 0 N–H and O–H groups in total. The molecule has 3 aromatic carbocycles. The highest BCUT2D eigenvalue weighted by Gasteiger charge is 2.16. The molecule has 0 aliphatic carbocycles. The molecule has 0 bridgehead atoms. The number of halogens is 1. The molecule has 3 rings (SSSR count). The maximum atomic E-state index is 13.0. The van der Waals surface area contributed by atoms with Gasteiger partial charge in [-0.3, -0.25) is 4.79 Å². The number of Topliss-reactive ketones (excluding diaryl/α,β-unsaturated/α-hetero) is 1. The van der Waals surface area contributed by atoms with Gasteiger partial charge in [-0.15, -0.1) is 0 Å². The lowest BCUT2D eigenvalue weighted by Crippen LogP contribution is -2.10. The van der Waals surface area contributed by atoms with Crippen LogP contribution in [0.1, 0.15) is 15.9 Å². The van der Waals surface area contributed by atoms with Crippen LogP contribution in [0.5, 0.6) is 11.5 Å². The van der Waals surface area contributed by atoms with Gasteiger partial charge in [0.25, 0.3) is 0 Å². The van der Waals surface area contributed by atoms with Crippen molar-refractivity contribution in [2.24, 2.45) is 0 Å². The van der Waals surface area contributed by atoms with Crippen LogP contribution in [0.2, 0.25) is 0 Å². The van der Waals surface area contributed by atoms with Crippen LogP contribution in [0.15, 0.2) is 89.1 Å². The number of hydrogen-bond acceptors (Lipinski definition) is 3. The second-order valence-electron chi connectivity index (χ2n) is 5.51. The zero-order valence-corrected chi connectivity index (χ0v) is 15.8. The summed E-state index contributed by atoms with van der Waals surface area (Å²) in [6.07, 6.45) is 1.73. The van der Waals surface area contributed by atoms with Gasteiger partial charge < -0.3 is 9.47 Å². The van der Waals surface area contributed by atoms with Crippen LogP contribution in [0.25, 0.3) is 6.08 Å². The third-order valence-corrected chi connectivity index (χ3v) is 4.25. The predicted molar refractivity (Wildman–Crippen MR) is 107 cm³/mol. The van der Waals surface area contributed by atoms with E-state index in [-0.39, 0.29) is 11.5 Å². The van der Waals surface area contributed by atoms with Crippen LogP contribution in [-0.4, -0.2) is 12.9 Å². The second-order valence-corrected chi connectivity index (χ2v) is 6.42. The lowest BCUT2D eigenvalue weighted by molar-refractivity contribution is 0.0987. The maximum Gasteiger partial charge on any atom is 0.228 e. The Morgan fingerprint density at radius 1 is 0.846 bits per heavy atom. The molecule has 26 heavy (non-hydrogen) atoms. The fraction of sp³-hybridized carbons (Fsp3) is 0.0455. The Morgan fingerprint density at radius 3 is 2.12 bits per heavy atom. The van der Waals surface area contributed by atoms with E-state index >= 15 is 0 Å². The number of para-hydroxylation sites is 2. The van der Waals surface area contributed by atoms with Crippen molar-refractivity contribution in [2.75, 3.05) is 7.11 Å². The number of rotatable bonds is 6. The average molecular weight is 409 g/mol. The second kappa shape index (κ2) is 8.50. The van der Waals surface area contributed by atoms with Crippen molar-refractivity contribution in [2.45, 2.75) is 0 Å². The highest BCUT2D eigenvalue weighted by molar-refractivity contribution is 9.10. The fourth-order valence-electron chi connectivity index (χ4n) is 2.41. The number of allylic oxidation sites excluding steroid dienone is 1. The molecule has 0 atom stereocenters. The van der Waals surface area contributed by atoms with Crippen molar-refractivity contribution in [1.29, 1.82) is 0 Å². The monoisotopic (exact) mass is 408 g/mol. The molecule has 130 valence electrons. The molecule has 0 aromatic heterocycles. The van der Waals surface area contributed by atoms with Gasteiger partial charge in [0.05, 0.1) is 7.11 Å². The zero-order chi connectivity index (χ0) is 18.4. The van der Waals surface area contributed by atoms with Crippen molar-refractivity contribution in [3.05, 3.63) is 100 Å². The minimum Gasteiger partial charge on any atom is -0.493 e. The molecule has 3 nitrogen and oxygen atoms in total. The summed E-state index contributed by atoms with van der Waals surface area (Å²) in [5, 5.41) is 0. The summed E-state index contributed by atoms with van der Waals surface area (Å²) in [6, 6.07) is 24.0. The van der Waals surface area contributed by atoms with Gasteiger partial charge in [0.2, 0.25) is 5.78 Å². The van der Waals surface area contributed by atoms with E-state index in [1.54, 1.807) is 37.5 Å². The summed E-state index contributed by atoms with van der Waals surface area (Å²) in [4.78, 5) is 13.0. The van der Waals surface area contributed by atoms with Gasteiger partial charge in [-0.1, -0.05) is 70.5 Å². The molecule has 0 saturated heterocycles. The Hall–Kier alpha value is -2.85. The molecule has 0 aliphatic heterocycles. The van der Waals surface area contributed by atoms with E-state index in [0.717, 1.165) is 10.0 Å². The third kappa shape index (κ3) is 4.41. The lowest BCUT2D eigenvalue weighted by atomic mass is 10.1. The molecule has 0 radical (unpaired) electrons. The van der Waals surface area contributed by atoms with Gasteiger partial charge in [0.15, 0.2) is 17.3 Å². The average Bonchev–Trinajstić information content (AvgIpc) is 2.69. The van der Waals surface area contributed by atoms with Crippen molar-refractivity contribution >= 4 is 27.8 Å². The Kier molecular flexibility index (Phi) is 5.87. The summed E-state index contributed by atoms with van der Waals surface area (Å²) < 4.78 is 12.3. The fourth-order valence-corrected chi connectivity index (χ4v) is 2.67. The van der Waals surface area contributed by atoms with Crippen LogP contribution < -0.4 is 9.47 Å². The van der Waals surface area contributed by atoms with Crippen molar-refractivity contribution in [1.82, 2.24) is 0 Å². The highest BCUT2D eigenvalue weighted by atomic mass is 79.9. The summed E-state index contributed by atoms with van der Waals surface area (Å²) in [5.74, 6) is 1.08. The smallest absolute Gasteiger partial charge is 0.228 e. The lowest BCUT2D eigenvalue weighted by Gasteiger charge is -2.13. The quantitative estimate of drug-likeness (QED) is 0.295. The SMILES string of the molecule is COc1ccccc1OC(=Cc1ccc(Br)cc1)C(=O)c1ccccc1. The van der Waals surface area contributed by atoms with Gasteiger partial charge in [0.1, 0.15) is 0 Å². The Morgan fingerprint density at radius 2 is 1.46 bits per heavy atom. The summed E-state index contributed by atoms with van der Waals surface area (Å²) in [5.41, 5.74) is 1.42. The summed E-state index contributed by atoms with van der Waals surface area (Å²) >= 11 is 3.41. The van der Waals surface area contributed by atoms with Crippen molar-refractivity contribution < 1.29 is 14.3 Å². The molecule has 0 aliphatic rings. The van der Waals surface area contributed by atoms with E-state index in [0.29, 0.717) is 17.1 Å². The molecule has 0 amide bonds. The zero-order valence-electron chi connectivity index (χ0n) is 14.2. The number of carbonyl (C=O) groups is 1. The number of methoxy groups -OCH3 is 1.